The molecule has 3 rings (SSSR count). The number of halogens is 4. The van der Waals surface area contributed by atoms with E-state index in [1.54, 1.807) is 12.1 Å². The van der Waals surface area contributed by atoms with Crippen LogP contribution in [0.15, 0.2) is 59.7 Å². The number of hydrazone groups is 1. The lowest BCUT2D eigenvalue weighted by molar-refractivity contribution is -0.136. The van der Waals surface area contributed by atoms with Crippen LogP contribution < -0.4 is 20.2 Å². The molecule has 180 valence electrons. The van der Waals surface area contributed by atoms with Crippen LogP contribution in [-0.2, 0) is 9.59 Å². The number of nitrogens with zero attached hydrogens (tertiary/aromatic N) is 1. The van der Waals surface area contributed by atoms with Crippen molar-refractivity contribution in [1.29, 1.82) is 0 Å². The van der Waals surface area contributed by atoms with E-state index in [0.717, 1.165) is 0 Å². The first-order valence-electron chi connectivity index (χ1n) is 9.63. The zero-order valence-electron chi connectivity index (χ0n) is 17.8. The van der Waals surface area contributed by atoms with Crippen LogP contribution in [0.5, 0.6) is 11.5 Å². The second-order valence-corrected chi connectivity index (χ2v) is 8.28. The highest BCUT2D eigenvalue weighted by Crippen LogP contribution is 2.30. The second kappa shape index (κ2) is 11.9. The van der Waals surface area contributed by atoms with E-state index in [0.29, 0.717) is 10.6 Å². The fraction of sp³-hybridized carbons (Fsp3) is 0.0435. The molecule has 0 fully saturated rings. The first-order valence-corrected chi connectivity index (χ1v) is 11.1. The Morgan fingerprint density at radius 3 is 2.34 bits per heavy atom. The third-order valence-corrected chi connectivity index (χ3v) is 5.89. The standard InChI is InChI=1S/C23H15Cl4N3O5/c1-34-19-9-12(5-8-18(19)35-23(33)13-6-7-14(24)16(26)10-13)11-28-30-22(32)21(31)29-17-4-2-3-15(25)20(17)27/h2-11H,1H3,(H,29,31)(H,30,32). The summed E-state index contributed by atoms with van der Waals surface area (Å²) in [5.74, 6) is -2.32. The van der Waals surface area contributed by atoms with Crippen LogP contribution >= 0.6 is 46.4 Å². The van der Waals surface area contributed by atoms with Crippen LogP contribution in [-0.4, -0.2) is 31.1 Å². The number of nitrogens with one attached hydrogen (secondary N) is 2. The quantitative estimate of drug-likeness (QED) is 0.135. The molecule has 0 bridgehead atoms. The van der Waals surface area contributed by atoms with Gasteiger partial charge in [-0.25, -0.2) is 10.2 Å². The molecule has 3 aromatic rings. The number of anilines is 1. The molecule has 0 aliphatic carbocycles. The van der Waals surface area contributed by atoms with Crippen molar-refractivity contribution in [2.24, 2.45) is 5.10 Å². The summed E-state index contributed by atoms with van der Waals surface area (Å²) < 4.78 is 10.6. The summed E-state index contributed by atoms with van der Waals surface area (Å²) >= 11 is 23.7. The molecular weight excluding hydrogens is 540 g/mol. The number of hydrogen-bond donors (Lipinski definition) is 2. The molecule has 2 amide bonds. The van der Waals surface area contributed by atoms with Crippen LogP contribution in [0.1, 0.15) is 15.9 Å². The number of methoxy groups -OCH3 is 1. The smallest absolute Gasteiger partial charge is 0.343 e. The fourth-order valence-corrected chi connectivity index (χ4v) is 3.27. The average molecular weight is 555 g/mol. The molecule has 0 saturated heterocycles. The molecule has 0 aliphatic rings. The van der Waals surface area contributed by atoms with Crippen LogP contribution in [0.25, 0.3) is 0 Å². The van der Waals surface area contributed by atoms with Crippen LogP contribution in [0, 0.1) is 0 Å². The van der Waals surface area contributed by atoms with E-state index in [4.69, 9.17) is 55.9 Å². The summed E-state index contributed by atoms with van der Waals surface area (Å²) in [6, 6.07) is 13.5. The Morgan fingerprint density at radius 1 is 0.857 bits per heavy atom. The van der Waals surface area contributed by atoms with E-state index in [9.17, 15) is 14.4 Å². The molecule has 0 radical (unpaired) electrons. The third kappa shape index (κ3) is 6.86. The summed E-state index contributed by atoms with van der Waals surface area (Å²) in [4.78, 5) is 36.4. The van der Waals surface area contributed by atoms with Crippen molar-refractivity contribution in [3.8, 4) is 11.5 Å². The third-order valence-electron chi connectivity index (χ3n) is 4.33. The van der Waals surface area contributed by atoms with Gasteiger partial charge in [0.05, 0.1) is 44.7 Å². The van der Waals surface area contributed by atoms with Crippen LogP contribution in [0.3, 0.4) is 0 Å². The lowest BCUT2D eigenvalue weighted by Gasteiger charge is -2.10. The van der Waals surface area contributed by atoms with Gasteiger partial charge in [-0.1, -0.05) is 52.5 Å². The van der Waals surface area contributed by atoms with E-state index in [1.807, 2.05) is 0 Å². The van der Waals surface area contributed by atoms with Gasteiger partial charge in [-0.3, -0.25) is 9.59 Å². The number of carbonyl (C=O) groups is 3. The summed E-state index contributed by atoms with van der Waals surface area (Å²) in [5.41, 5.74) is 2.96. The minimum Gasteiger partial charge on any atom is -0.493 e. The topological polar surface area (TPSA) is 106 Å². The van der Waals surface area contributed by atoms with Crippen molar-refractivity contribution < 1.29 is 23.9 Å². The summed E-state index contributed by atoms with van der Waals surface area (Å²) in [7, 11) is 1.39. The molecule has 0 unspecified atom stereocenters. The van der Waals surface area contributed by atoms with E-state index in [2.05, 4.69) is 15.8 Å². The number of hydrogen-bond acceptors (Lipinski definition) is 6. The minimum absolute atomic E-state index is 0.103. The monoisotopic (exact) mass is 553 g/mol. The van der Waals surface area contributed by atoms with Crippen molar-refractivity contribution >= 4 is 76.1 Å². The fourth-order valence-electron chi connectivity index (χ4n) is 2.63. The van der Waals surface area contributed by atoms with Gasteiger partial charge >= 0.3 is 17.8 Å². The van der Waals surface area contributed by atoms with E-state index < -0.39 is 17.8 Å². The van der Waals surface area contributed by atoms with Crippen molar-refractivity contribution in [2.45, 2.75) is 0 Å². The van der Waals surface area contributed by atoms with Crippen LogP contribution in [0.4, 0.5) is 5.69 Å². The Morgan fingerprint density at radius 2 is 1.63 bits per heavy atom. The van der Waals surface area contributed by atoms with Crippen molar-refractivity contribution in [3.05, 3.63) is 85.8 Å². The molecule has 0 saturated carbocycles. The Bertz CT molecular complexity index is 1330. The molecule has 3 aromatic carbocycles. The molecule has 12 heteroatoms. The van der Waals surface area contributed by atoms with Gasteiger partial charge in [-0.05, 0) is 54.1 Å². The van der Waals surface area contributed by atoms with Gasteiger partial charge in [0.15, 0.2) is 11.5 Å². The molecule has 2 N–H and O–H groups in total. The van der Waals surface area contributed by atoms with Crippen LogP contribution in [0.2, 0.25) is 20.1 Å². The number of benzene rings is 3. The summed E-state index contributed by atoms with van der Waals surface area (Å²) in [6.45, 7) is 0. The highest BCUT2D eigenvalue weighted by atomic mass is 35.5. The van der Waals surface area contributed by atoms with Crippen molar-refractivity contribution in [1.82, 2.24) is 5.43 Å². The predicted octanol–water partition coefficient (Wildman–Crippen LogP) is 5.62. The van der Waals surface area contributed by atoms with Gasteiger partial charge < -0.3 is 14.8 Å². The van der Waals surface area contributed by atoms with Gasteiger partial charge in [0.25, 0.3) is 0 Å². The number of rotatable bonds is 6. The average Bonchev–Trinajstić information content (AvgIpc) is 2.84. The predicted molar refractivity (Wildman–Crippen MR) is 135 cm³/mol. The van der Waals surface area contributed by atoms with E-state index in [1.165, 1.54) is 55.8 Å². The molecule has 0 aromatic heterocycles. The molecular formula is C23H15Cl4N3O5. The van der Waals surface area contributed by atoms with E-state index in [-0.39, 0.29) is 37.8 Å². The SMILES string of the molecule is COc1cc(C=NNC(=O)C(=O)Nc2cccc(Cl)c2Cl)ccc1OC(=O)c1ccc(Cl)c(Cl)c1. The van der Waals surface area contributed by atoms with Crippen molar-refractivity contribution in [3.63, 3.8) is 0 Å². The van der Waals surface area contributed by atoms with E-state index >= 15 is 0 Å². The number of ether oxygens (including phenoxy) is 2. The number of carbonyl (C=O) groups excluding carboxylic acids is 3. The van der Waals surface area contributed by atoms with Gasteiger partial charge in [0.2, 0.25) is 0 Å². The molecule has 35 heavy (non-hydrogen) atoms. The molecule has 0 heterocycles. The largest absolute Gasteiger partial charge is 0.493 e. The Hall–Kier alpha value is -3.30. The minimum atomic E-state index is -1.03. The lowest BCUT2D eigenvalue weighted by Crippen LogP contribution is -2.32. The molecule has 8 nitrogen and oxygen atoms in total. The summed E-state index contributed by atoms with van der Waals surface area (Å²) in [5, 5.41) is 6.93. The van der Waals surface area contributed by atoms with Gasteiger partial charge in [-0.2, -0.15) is 5.10 Å². The Kier molecular flexibility index (Phi) is 8.95. The normalized spacial score (nSPS) is 10.7. The maximum atomic E-state index is 12.4. The zero-order valence-corrected chi connectivity index (χ0v) is 20.8. The first kappa shape index (κ1) is 26.3. The maximum absolute atomic E-state index is 12.4. The first-order chi connectivity index (χ1) is 16.7. The molecule has 0 aliphatic heterocycles. The Labute approximate surface area is 219 Å². The lowest BCUT2D eigenvalue weighted by atomic mass is 10.2. The van der Waals surface area contributed by atoms with Gasteiger partial charge in [-0.15, -0.1) is 0 Å². The van der Waals surface area contributed by atoms with Crippen molar-refractivity contribution in [2.75, 3.05) is 12.4 Å². The highest BCUT2D eigenvalue weighted by Gasteiger charge is 2.16. The number of esters is 1. The molecule has 0 spiro atoms. The Balaban J connectivity index is 1.63. The van der Waals surface area contributed by atoms with Gasteiger partial charge in [0, 0.05) is 0 Å². The molecule has 0 atom stereocenters. The number of amides is 2. The highest BCUT2D eigenvalue weighted by molar-refractivity contribution is 6.45. The zero-order chi connectivity index (χ0) is 25.5. The van der Waals surface area contributed by atoms with Gasteiger partial charge in [0.1, 0.15) is 0 Å². The summed E-state index contributed by atoms with van der Waals surface area (Å²) in [6.07, 6.45) is 1.27. The maximum Gasteiger partial charge on any atom is 0.343 e. The second-order valence-electron chi connectivity index (χ2n) is 6.68.